The molecular weight excluding hydrogens is 264 g/mol. The summed E-state index contributed by atoms with van der Waals surface area (Å²) in [5, 5.41) is 0. The third-order valence-electron chi connectivity index (χ3n) is 6.74. The van der Waals surface area contributed by atoms with Gasteiger partial charge in [0.25, 0.3) is 0 Å². The van der Waals surface area contributed by atoms with E-state index in [9.17, 15) is 0 Å². The van der Waals surface area contributed by atoms with Crippen molar-refractivity contribution in [2.45, 2.75) is 90.4 Å². The molecule has 1 atom stereocenters. The van der Waals surface area contributed by atoms with Crippen molar-refractivity contribution in [3.8, 4) is 0 Å². The number of hydrogen-bond donors (Lipinski definition) is 0. The lowest BCUT2D eigenvalue weighted by atomic mass is 9.74. The van der Waals surface area contributed by atoms with Gasteiger partial charge in [-0.3, -0.25) is 0 Å². The molecule has 0 amide bonds. The molecule has 2 fully saturated rings. The van der Waals surface area contributed by atoms with Gasteiger partial charge in [0.15, 0.2) is 0 Å². The van der Waals surface area contributed by atoms with E-state index >= 15 is 0 Å². The summed E-state index contributed by atoms with van der Waals surface area (Å²) in [6.07, 6.45) is 11.9. The first-order valence-electron chi connectivity index (χ1n) is 9.51. The van der Waals surface area contributed by atoms with Gasteiger partial charge in [0.1, 0.15) is 0 Å². The van der Waals surface area contributed by atoms with Crippen LogP contribution in [0.5, 0.6) is 0 Å². The highest BCUT2D eigenvalue weighted by atomic mass is 14.5. The van der Waals surface area contributed by atoms with Crippen LogP contribution >= 0.6 is 0 Å². The van der Waals surface area contributed by atoms with Crippen LogP contribution < -0.4 is 0 Å². The van der Waals surface area contributed by atoms with E-state index in [4.69, 9.17) is 0 Å². The van der Waals surface area contributed by atoms with Gasteiger partial charge in [-0.25, -0.2) is 0 Å². The maximum Gasteiger partial charge on any atom is -0.0132 e. The molecule has 3 rings (SSSR count). The third kappa shape index (κ3) is 3.12. The zero-order valence-corrected chi connectivity index (χ0v) is 15.1. The monoisotopic (exact) mass is 298 g/mol. The molecule has 0 spiro atoms. The summed E-state index contributed by atoms with van der Waals surface area (Å²) in [6.45, 7) is 9.32. The van der Waals surface area contributed by atoms with Crippen LogP contribution in [0.4, 0.5) is 0 Å². The lowest BCUT2D eigenvalue weighted by molar-refractivity contribution is 0.210. The van der Waals surface area contributed by atoms with E-state index in [0.717, 1.165) is 11.3 Å². The van der Waals surface area contributed by atoms with Crippen LogP contribution in [0.2, 0.25) is 0 Å². The maximum atomic E-state index is 2.43. The van der Waals surface area contributed by atoms with Crippen LogP contribution in [-0.4, -0.2) is 0 Å². The second-order valence-electron chi connectivity index (χ2n) is 9.16. The van der Waals surface area contributed by atoms with Gasteiger partial charge in [-0.05, 0) is 72.3 Å². The van der Waals surface area contributed by atoms with E-state index in [0.29, 0.717) is 5.92 Å². The second-order valence-corrected chi connectivity index (χ2v) is 9.16. The van der Waals surface area contributed by atoms with Gasteiger partial charge in [0.05, 0.1) is 0 Å². The van der Waals surface area contributed by atoms with Crippen molar-refractivity contribution < 1.29 is 0 Å². The Labute approximate surface area is 137 Å². The zero-order valence-electron chi connectivity index (χ0n) is 15.1. The lowest BCUT2D eigenvalue weighted by Gasteiger charge is -2.31. The van der Waals surface area contributed by atoms with Crippen molar-refractivity contribution in [3.63, 3.8) is 0 Å². The molecule has 0 aliphatic heterocycles. The SMILES string of the molecule is CC(CCC12CCCC1CCC2)c1ccc(C(C)(C)C)cc1. The predicted molar refractivity (Wildman–Crippen MR) is 96.4 cm³/mol. The molecule has 1 unspecified atom stereocenters. The highest BCUT2D eigenvalue weighted by Crippen LogP contribution is 2.57. The molecule has 0 saturated heterocycles. The molecule has 1 aromatic rings. The Morgan fingerprint density at radius 2 is 1.64 bits per heavy atom. The first kappa shape index (κ1) is 16.1. The van der Waals surface area contributed by atoms with E-state index in [-0.39, 0.29) is 5.41 Å². The van der Waals surface area contributed by atoms with Crippen LogP contribution in [0.15, 0.2) is 24.3 Å². The third-order valence-corrected chi connectivity index (χ3v) is 6.74. The fourth-order valence-corrected chi connectivity index (χ4v) is 5.13. The highest BCUT2D eigenvalue weighted by molar-refractivity contribution is 5.29. The summed E-state index contributed by atoms with van der Waals surface area (Å²) in [5.74, 6) is 1.79. The summed E-state index contributed by atoms with van der Waals surface area (Å²) in [4.78, 5) is 0. The van der Waals surface area contributed by atoms with Crippen molar-refractivity contribution in [3.05, 3.63) is 35.4 Å². The lowest BCUT2D eigenvalue weighted by Crippen LogP contribution is -2.20. The molecule has 0 heteroatoms. The van der Waals surface area contributed by atoms with Gasteiger partial charge < -0.3 is 0 Å². The van der Waals surface area contributed by atoms with Gasteiger partial charge in [0.2, 0.25) is 0 Å². The Kier molecular flexibility index (Phi) is 4.40. The molecule has 2 aliphatic rings. The summed E-state index contributed by atoms with van der Waals surface area (Å²) in [5.41, 5.74) is 4.01. The molecule has 22 heavy (non-hydrogen) atoms. The first-order chi connectivity index (χ1) is 10.4. The molecular formula is C22H34. The molecule has 0 aromatic heterocycles. The van der Waals surface area contributed by atoms with Gasteiger partial charge in [-0.1, -0.05) is 64.8 Å². The largest absolute Gasteiger partial charge is 0.0585 e. The average molecular weight is 299 g/mol. The van der Waals surface area contributed by atoms with E-state index in [1.807, 2.05) is 0 Å². The van der Waals surface area contributed by atoms with E-state index in [2.05, 4.69) is 52.0 Å². The summed E-state index contributed by atoms with van der Waals surface area (Å²) >= 11 is 0. The van der Waals surface area contributed by atoms with E-state index in [1.165, 1.54) is 62.5 Å². The van der Waals surface area contributed by atoms with Crippen LogP contribution in [0.25, 0.3) is 0 Å². The summed E-state index contributed by atoms with van der Waals surface area (Å²) < 4.78 is 0. The number of benzene rings is 1. The molecule has 0 nitrogen and oxygen atoms in total. The minimum atomic E-state index is 0.266. The zero-order chi connectivity index (χ0) is 15.8. The summed E-state index contributed by atoms with van der Waals surface area (Å²) in [7, 11) is 0. The molecule has 122 valence electrons. The Balaban J connectivity index is 1.61. The molecule has 0 radical (unpaired) electrons. The van der Waals surface area contributed by atoms with Gasteiger partial charge in [-0.2, -0.15) is 0 Å². The van der Waals surface area contributed by atoms with Gasteiger partial charge in [-0.15, -0.1) is 0 Å². The van der Waals surface area contributed by atoms with Crippen molar-refractivity contribution in [2.75, 3.05) is 0 Å². The smallest absolute Gasteiger partial charge is 0.0132 e. The number of fused-ring (bicyclic) bond motifs is 1. The quantitative estimate of drug-likeness (QED) is 0.571. The molecule has 0 N–H and O–H groups in total. The second kappa shape index (κ2) is 6.02. The molecule has 0 heterocycles. The van der Waals surface area contributed by atoms with Crippen molar-refractivity contribution in [1.82, 2.24) is 0 Å². The van der Waals surface area contributed by atoms with Crippen LogP contribution in [0.1, 0.15) is 96.1 Å². The van der Waals surface area contributed by atoms with E-state index in [1.54, 1.807) is 0 Å². The molecule has 1 aromatic carbocycles. The topological polar surface area (TPSA) is 0 Å². The Bertz CT molecular complexity index is 478. The maximum absolute atomic E-state index is 2.43. The number of rotatable bonds is 4. The van der Waals surface area contributed by atoms with Crippen molar-refractivity contribution in [1.29, 1.82) is 0 Å². The van der Waals surface area contributed by atoms with Crippen LogP contribution in [0, 0.1) is 11.3 Å². The van der Waals surface area contributed by atoms with Gasteiger partial charge >= 0.3 is 0 Å². The Hall–Kier alpha value is -0.780. The molecule has 0 bridgehead atoms. The van der Waals surface area contributed by atoms with Crippen molar-refractivity contribution >= 4 is 0 Å². The summed E-state index contributed by atoms with van der Waals surface area (Å²) in [6, 6.07) is 9.45. The first-order valence-corrected chi connectivity index (χ1v) is 9.51. The standard InChI is InChI=1S/C22H34/c1-17(18-9-11-19(12-10-18)21(2,3)4)13-16-22-14-5-7-20(22)8-6-15-22/h9-12,17,20H,5-8,13-16H2,1-4H3. The van der Waals surface area contributed by atoms with Crippen LogP contribution in [-0.2, 0) is 5.41 Å². The number of hydrogen-bond acceptors (Lipinski definition) is 0. The molecule has 2 aliphatic carbocycles. The van der Waals surface area contributed by atoms with Gasteiger partial charge in [0, 0.05) is 0 Å². The average Bonchev–Trinajstić information content (AvgIpc) is 3.03. The Morgan fingerprint density at radius 3 is 2.18 bits per heavy atom. The van der Waals surface area contributed by atoms with Crippen molar-refractivity contribution in [2.24, 2.45) is 11.3 Å². The molecule has 2 saturated carbocycles. The highest BCUT2D eigenvalue weighted by Gasteiger charge is 2.45. The fourth-order valence-electron chi connectivity index (χ4n) is 5.13. The minimum absolute atomic E-state index is 0.266. The predicted octanol–water partition coefficient (Wildman–Crippen LogP) is 6.84. The van der Waals surface area contributed by atoms with E-state index < -0.39 is 0 Å². The normalized spacial score (nSPS) is 29.5. The van der Waals surface area contributed by atoms with Crippen LogP contribution in [0.3, 0.4) is 0 Å². The Morgan fingerprint density at radius 1 is 1.05 bits per heavy atom. The minimum Gasteiger partial charge on any atom is -0.0585 e. The fraction of sp³-hybridized carbons (Fsp3) is 0.727.